The van der Waals surface area contributed by atoms with Crippen LogP contribution in [0.4, 0.5) is 0 Å². The van der Waals surface area contributed by atoms with Crippen LogP contribution in [0.1, 0.15) is 65.7 Å². The van der Waals surface area contributed by atoms with Gasteiger partial charge in [-0.25, -0.2) is 0 Å². The van der Waals surface area contributed by atoms with Crippen molar-refractivity contribution in [1.82, 2.24) is 26.2 Å². The van der Waals surface area contributed by atoms with Gasteiger partial charge in [0.25, 0.3) is 0 Å². The number of nitrogens with one attached hydrogen (secondary N) is 4. The summed E-state index contributed by atoms with van der Waals surface area (Å²) in [4.78, 5) is 79.0. The maximum absolute atomic E-state index is 13.6. The van der Waals surface area contributed by atoms with Gasteiger partial charge in [-0.15, -0.1) is 0 Å². The van der Waals surface area contributed by atoms with Crippen LogP contribution in [0, 0.1) is 0 Å². The van der Waals surface area contributed by atoms with E-state index in [0.717, 1.165) is 0 Å². The summed E-state index contributed by atoms with van der Waals surface area (Å²) in [5, 5.41) is 10.5. The maximum atomic E-state index is 13.6. The van der Waals surface area contributed by atoms with E-state index < -0.39 is 53.7 Å². The average molecular weight is 554 g/mol. The number of nitrogens with zero attached hydrogens (tertiary/aromatic N) is 2. The van der Waals surface area contributed by atoms with Gasteiger partial charge in [0.1, 0.15) is 24.2 Å². The zero-order chi connectivity index (χ0) is 29.5. The maximum Gasteiger partial charge on any atom is 0.245 e. The Morgan fingerprint density at radius 3 is 2.15 bits per heavy atom. The summed E-state index contributed by atoms with van der Waals surface area (Å²) in [5.41, 5.74) is 16.0. The van der Waals surface area contributed by atoms with Gasteiger partial charge in [0, 0.05) is 33.5 Å². The van der Waals surface area contributed by atoms with Gasteiger partial charge in [-0.1, -0.05) is 0 Å². The van der Waals surface area contributed by atoms with Gasteiger partial charge >= 0.3 is 0 Å². The Labute approximate surface area is 228 Å². The molecule has 0 spiro atoms. The first-order valence-corrected chi connectivity index (χ1v) is 13.1. The van der Waals surface area contributed by atoms with Crippen LogP contribution in [0.3, 0.4) is 0 Å². The Bertz CT molecular complexity index is 922. The fourth-order valence-electron chi connectivity index (χ4n) is 4.17. The molecule has 15 heteroatoms. The number of rotatable bonds is 16. The Hall–Kier alpha value is -3.91. The van der Waals surface area contributed by atoms with Crippen LogP contribution in [0.25, 0.3) is 0 Å². The van der Waals surface area contributed by atoms with Crippen molar-refractivity contribution >= 4 is 41.4 Å². The summed E-state index contributed by atoms with van der Waals surface area (Å²) in [5.74, 6) is -2.90. The van der Waals surface area contributed by atoms with E-state index in [1.807, 2.05) is 0 Å². The van der Waals surface area contributed by atoms with E-state index in [9.17, 15) is 28.8 Å². The van der Waals surface area contributed by atoms with Crippen LogP contribution >= 0.6 is 0 Å². The standard InChI is InChI=1S/C24H43N9O6/c1-14(20(25)36)30-22(38)19-10-7-13-33(19)23(39)18(9-6-12-29-24(26)27)32-21(37)17(31-16(3)35)8-4-5-11-28-15(2)34/h14,17-19H,4-13H2,1-3H3,(H2,25,36)(H,28,34)(H,30,38)(H,31,35)(H,32,37)(H4,26,27,29)/t14-,17+,18+,19+/m1/s1. The fraction of sp³-hybridized carbons (Fsp3) is 0.708. The van der Waals surface area contributed by atoms with Crippen LogP contribution in [0.15, 0.2) is 4.99 Å². The molecule has 0 radical (unpaired) electrons. The number of carbonyl (C=O) groups is 6. The summed E-state index contributed by atoms with van der Waals surface area (Å²) in [6, 6.07) is -3.64. The van der Waals surface area contributed by atoms with Gasteiger partial charge < -0.3 is 43.4 Å². The quantitative estimate of drug-likeness (QED) is 0.0601. The lowest BCUT2D eigenvalue weighted by Gasteiger charge is -2.30. The van der Waals surface area contributed by atoms with Crippen LogP contribution in [0.2, 0.25) is 0 Å². The number of carbonyl (C=O) groups excluding carboxylic acids is 6. The summed E-state index contributed by atoms with van der Waals surface area (Å²) in [6.07, 6.45) is 2.91. The minimum atomic E-state index is -1.01. The number of likely N-dealkylation sites (tertiary alicyclic amines) is 1. The van der Waals surface area contributed by atoms with Gasteiger partial charge in [-0.2, -0.15) is 0 Å². The average Bonchev–Trinajstić information content (AvgIpc) is 3.33. The molecule has 1 aliphatic rings. The van der Waals surface area contributed by atoms with E-state index in [4.69, 9.17) is 17.2 Å². The number of guanidine groups is 1. The molecule has 1 rings (SSSR count). The van der Waals surface area contributed by atoms with E-state index in [1.54, 1.807) is 0 Å². The third-order valence-electron chi connectivity index (χ3n) is 6.17. The van der Waals surface area contributed by atoms with E-state index in [0.29, 0.717) is 51.6 Å². The molecule has 0 aromatic heterocycles. The first kappa shape index (κ1) is 33.1. The smallest absolute Gasteiger partial charge is 0.245 e. The number of unbranched alkanes of at least 4 members (excludes halogenated alkanes) is 1. The second-order valence-corrected chi connectivity index (χ2v) is 9.56. The lowest BCUT2D eigenvalue weighted by molar-refractivity contribution is -0.142. The highest BCUT2D eigenvalue weighted by Gasteiger charge is 2.38. The van der Waals surface area contributed by atoms with Crippen molar-refractivity contribution in [1.29, 1.82) is 0 Å². The molecule has 1 heterocycles. The summed E-state index contributed by atoms with van der Waals surface area (Å²) >= 11 is 0. The third-order valence-corrected chi connectivity index (χ3v) is 6.17. The number of hydrogen-bond donors (Lipinski definition) is 7. The molecule has 0 aromatic carbocycles. The van der Waals surface area contributed by atoms with Crippen molar-refractivity contribution < 1.29 is 28.8 Å². The number of nitrogens with two attached hydrogens (primary N) is 3. The Kier molecular flexibility index (Phi) is 14.3. The van der Waals surface area contributed by atoms with Crippen LogP contribution in [0.5, 0.6) is 0 Å². The Morgan fingerprint density at radius 2 is 1.56 bits per heavy atom. The molecule has 15 nitrogen and oxygen atoms in total. The second-order valence-electron chi connectivity index (χ2n) is 9.56. The topological polar surface area (TPSA) is 244 Å². The molecule has 220 valence electrons. The molecule has 1 saturated heterocycles. The molecule has 1 fully saturated rings. The van der Waals surface area contributed by atoms with Crippen molar-refractivity contribution in [2.45, 2.75) is 89.9 Å². The third kappa shape index (κ3) is 12.5. The highest BCUT2D eigenvalue weighted by molar-refractivity contribution is 5.95. The van der Waals surface area contributed by atoms with E-state index >= 15 is 0 Å². The molecule has 0 aliphatic carbocycles. The molecular formula is C24H43N9O6. The van der Waals surface area contributed by atoms with Gasteiger partial charge in [-0.05, 0) is 51.9 Å². The van der Waals surface area contributed by atoms with Crippen LogP contribution in [-0.4, -0.2) is 90.1 Å². The van der Waals surface area contributed by atoms with E-state index in [1.165, 1.54) is 25.7 Å². The minimum absolute atomic E-state index is 0.105. The number of amides is 6. The number of aliphatic imine (C=N–C) groups is 1. The van der Waals surface area contributed by atoms with E-state index in [2.05, 4.69) is 26.3 Å². The van der Waals surface area contributed by atoms with Gasteiger partial charge in [-0.3, -0.25) is 33.8 Å². The molecule has 10 N–H and O–H groups in total. The lowest BCUT2D eigenvalue weighted by atomic mass is 10.1. The minimum Gasteiger partial charge on any atom is -0.370 e. The molecular weight excluding hydrogens is 510 g/mol. The normalized spacial score (nSPS) is 16.8. The summed E-state index contributed by atoms with van der Waals surface area (Å²) in [6.45, 7) is 5.09. The second kappa shape index (κ2) is 16.8. The largest absolute Gasteiger partial charge is 0.370 e. The monoisotopic (exact) mass is 553 g/mol. The predicted molar refractivity (Wildman–Crippen MR) is 144 cm³/mol. The summed E-state index contributed by atoms with van der Waals surface area (Å²) in [7, 11) is 0. The van der Waals surface area contributed by atoms with Crippen LogP contribution in [-0.2, 0) is 28.8 Å². The number of hydrogen-bond acceptors (Lipinski definition) is 7. The van der Waals surface area contributed by atoms with Gasteiger partial charge in [0.2, 0.25) is 35.4 Å². The highest BCUT2D eigenvalue weighted by atomic mass is 16.2. The Balaban J connectivity index is 3.00. The van der Waals surface area contributed by atoms with Gasteiger partial charge in [0.15, 0.2) is 5.96 Å². The molecule has 6 amide bonds. The highest BCUT2D eigenvalue weighted by Crippen LogP contribution is 2.20. The first-order chi connectivity index (χ1) is 18.3. The molecule has 0 aromatic rings. The zero-order valence-corrected chi connectivity index (χ0v) is 23.0. The Morgan fingerprint density at radius 1 is 0.897 bits per heavy atom. The van der Waals surface area contributed by atoms with Crippen molar-refractivity contribution in [2.75, 3.05) is 19.6 Å². The molecule has 0 bridgehead atoms. The van der Waals surface area contributed by atoms with Crippen molar-refractivity contribution in [3.05, 3.63) is 0 Å². The molecule has 1 aliphatic heterocycles. The predicted octanol–water partition coefficient (Wildman–Crippen LogP) is -2.68. The fourth-order valence-corrected chi connectivity index (χ4v) is 4.17. The number of primary amides is 1. The lowest BCUT2D eigenvalue weighted by Crippen LogP contribution is -2.57. The molecule has 39 heavy (non-hydrogen) atoms. The van der Waals surface area contributed by atoms with Crippen molar-refractivity contribution in [2.24, 2.45) is 22.2 Å². The SMILES string of the molecule is CC(=O)NCCCC[C@H](NC(C)=O)C(=O)N[C@@H](CCCN=C(N)N)C(=O)N1CCC[C@H]1C(=O)N[C@H](C)C(N)=O. The zero-order valence-electron chi connectivity index (χ0n) is 23.0. The van der Waals surface area contributed by atoms with Crippen LogP contribution < -0.4 is 38.5 Å². The molecule has 4 atom stereocenters. The van der Waals surface area contributed by atoms with Crippen molar-refractivity contribution in [3.63, 3.8) is 0 Å². The first-order valence-electron chi connectivity index (χ1n) is 13.1. The molecule has 0 unspecified atom stereocenters. The molecule has 0 saturated carbocycles. The summed E-state index contributed by atoms with van der Waals surface area (Å²) < 4.78 is 0. The van der Waals surface area contributed by atoms with E-state index in [-0.39, 0.29) is 24.8 Å². The van der Waals surface area contributed by atoms with Gasteiger partial charge in [0.05, 0.1) is 0 Å². The van der Waals surface area contributed by atoms with Crippen molar-refractivity contribution in [3.8, 4) is 0 Å².